The Bertz CT molecular complexity index is 923. The van der Waals surface area contributed by atoms with Gasteiger partial charge in [0, 0.05) is 12.1 Å². The van der Waals surface area contributed by atoms with E-state index in [9.17, 15) is 9.59 Å². The predicted molar refractivity (Wildman–Crippen MR) is 106 cm³/mol. The second-order valence-electron chi connectivity index (χ2n) is 7.76. The average molecular weight is 377 g/mol. The highest BCUT2D eigenvalue weighted by atomic mass is 16.6. The van der Waals surface area contributed by atoms with Crippen molar-refractivity contribution in [2.45, 2.75) is 45.4 Å². The van der Waals surface area contributed by atoms with Crippen molar-refractivity contribution in [1.82, 2.24) is 5.32 Å². The standard InChI is InChI=1S/C22H23N3O3/c1-22(2,3)28-21(27)24-18-12-17-6-4-5-7-19(17)25(20(18)26)14-16-10-8-15(13-23)9-11-16/h4-11,18H,12,14H2,1-3H3,(H,24,27)/t18-/m0/s1. The van der Waals surface area contributed by atoms with Gasteiger partial charge in [-0.2, -0.15) is 5.26 Å². The molecule has 0 aliphatic carbocycles. The highest BCUT2D eigenvalue weighted by Gasteiger charge is 2.34. The van der Waals surface area contributed by atoms with E-state index in [-0.39, 0.29) is 5.91 Å². The highest BCUT2D eigenvalue weighted by molar-refractivity contribution is 6.01. The number of nitriles is 1. The van der Waals surface area contributed by atoms with Gasteiger partial charge in [0.1, 0.15) is 11.6 Å². The summed E-state index contributed by atoms with van der Waals surface area (Å²) in [5, 5.41) is 11.7. The molecule has 6 nitrogen and oxygen atoms in total. The maximum Gasteiger partial charge on any atom is 0.408 e. The first kappa shape index (κ1) is 19.4. The van der Waals surface area contributed by atoms with Crippen molar-refractivity contribution in [3.8, 4) is 6.07 Å². The third kappa shape index (κ3) is 4.49. The first-order valence-electron chi connectivity index (χ1n) is 9.14. The van der Waals surface area contributed by atoms with Crippen LogP contribution in [0.4, 0.5) is 10.5 Å². The zero-order valence-electron chi connectivity index (χ0n) is 16.2. The summed E-state index contributed by atoms with van der Waals surface area (Å²) in [5.74, 6) is -0.186. The average Bonchev–Trinajstić information content (AvgIpc) is 2.64. The molecule has 1 aliphatic rings. The maximum absolute atomic E-state index is 13.1. The Morgan fingerprint density at radius 3 is 2.54 bits per heavy atom. The van der Waals surface area contributed by atoms with Crippen LogP contribution in [0.15, 0.2) is 48.5 Å². The number of benzene rings is 2. The number of carbonyl (C=O) groups is 2. The van der Waals surface area contributed by atoms with E-state index in [0.717, 1.165) is 16.8 Å². The summed E-state index contributed by atoms with van der Waals surface area (Å²) in [7, 11) is 0. The number of ether oxygens (including phenoxy) is 1. The molecule has 2 aromatic rings. The number of hydrogen-bond donors (Lipinski definition) is 1. The Labute approximate surface area is 164 Å². The molecule has 28 heavy (non-hydrogen) atoms. The predicted octanol–water partition coefficient (Wildman–Crippen LogP) is 3.54. The number of nitrogens with zero attached hydrogens (tertiary/aromatic N) is 2. The minimum Gasteiger partial charge on any atom is -0.444 e. The Morgan fingerprint density at radius 1 is 1.21 bits per heavy atom. The van der Waals surface area contributed by atoms with Gasteiger partial charge in [0.2, 0.25) is 5.91 Å². The second kappa shape index (κ2) is 7.73. The molecule has 1 atom stereocenters. The first-order valence-corrected chi connectivity index (χ1v) is 9.14. The van der Waals surface area contributed by atoms with Crippen LogP contribution in [-0.4, -0.2) is 23.6 Å². The molecule has 0 saturated carbocycles. The quantitative estimate of drug-likeness (QED) is 0.887. The fraction of sp³-hybridized carbons (Fsp3) is 0.318. The summed E-state index contributed by atoms with van der Waals surface area (Å²) < 4.78 is 5.30. The monoisotopic (exact) mass is 377 g/mol. The van der Waals surface area contributed by atoms with Gasteiger partial charge in [-0.25, -0.2) is 4.79 Å². The fourth-order valence-corrected chi connectivity index (χ4v) is 3.15. The molecule has 1 aliphatic heterocycles. The summed E-state index contributed by atoms with van der Waals surface area (Å²) in [6.45, 7) is 5.69. The number of hydrogen-bond acceptors (Lipinski definition) is 4. The molecular formula is C22H23N3O3. The SMILES string of the molecule is CC(C)(C)OC(=O)N[C@H]1Cc2ccccc2N(Cc2ccc(C#N)cc2)C1=O. The normalized spacial score (nSPS) is 16.1. The van der Waals surface area contributed by atoms with Crippen LogP contribution in [0.3, 0.4) is 0 Å². The third-order valence-electron chi connectivity index (χ3n) is 4.39. The van der Waals surface area contributed by atoms with Crippen LogP contribution in [0.25, 0.3) is 0 Å². The summed E-state index contributed by atoms with van der Waals surface area (Å²) >= 11 is 0. The van der Waals surface area contributed by atoms with Crippen LogP contribution < -0.4 is 10.2 Å². The molecule has 0 aromatic heterocycles. The van der Waals surface area contributed by atoms with Crippen molar-refractivity contribution < 1.29 is 14.3 Å². The molecule has 3 rings (SSSR count). The van der Waals surface area contributed by atoms with Crippen LogP contribution in [0.1, 0.15) is 37.5 Å². The lowest BCUT2D eigenvalue weighted by Crippen LogP contribution is -2.53. The largest absolute Gasteiger partial charge is 0.444 e. The van der Waals surface area contributed by atoms with Gasteiger partial charge in [0.05, 0.1) is 18.2 Å². The van der Waals surface area contributed by atoms with E-state index in [1.165, 1.54) is 0 Å². The maximum atomic E-state index is 13.1. The Morgan fingerprint density at radius 2 is 1.89 bits per heavy atom. The highest BCUT2D eigenvalue weighted by Crippen LogP contribution is 2.29. The number of carbonyl (C=O) groups excluding carboxylic acids is 2. The molecular weight excluding hydrogens is 354 g/mol. The number of para-hydroxylation sites is 1. The molecule has 6 heteroatoms. The minimum absolute atomic E-state index is 0.186. The Balaban J connectivity index is 1.84. The second-order valence-corrected chi connectivity index (χ2v) is 7.76. The van der Waals surface area contributed by atoms with Gasteiger partial charge in [-0.1, -0.05) is 30.3 Å². The smallest absolute Gasteiger partial charge is 0.408 e. The third-order valence-corrected chi connectivity index (χ3v) is 4.39. The lowest BCUT2D eigenvalue weighted by atomic mass is 9.96. The van der Waals surface area contributed by atoms with E-state index in [4.69, 9.17) is 10.00 Å². The number of anilines is 1. The van der Waals surface area contributed by atoms with Crippen LogP contribution >= 0.6 is 0 Å². The molecule has 0 bridgehead atoms. The fourth-order valence-electron chi connectivity index (χ4n) is 3.15. The van der Waals surface area contributed by atoms with E-state index in [0.29, 0.717) is 18.5 Å². The molecule has 0 fully saturated rings. The van der Waals surface area contributed by atoms with Crippen molar-refractivity contribution in [3.63, 3.8) is 0 Å². The summed E-state index contributed by atoms with van der Waals surface area (Å²) in [6.07, 6.45) is -0.193. The van der Waals surface area contributed by atoms with Gasteiger partial charge in [-0.3, -0.25) is 4.79 Å². The Hall–Kier alpha value is -3.33. The van der Waals surface area contributed by atoms with Crippen molar-refractivity contribution >= 4 is 17.7 Å². The van der Waals surface area contributed by atoms with Crippen molar-refractivity contribution in [2.75, 3.05) is 4.90 Å². The lowest BCUT2D eigenvalue weighted by molar-refractivity contribution is -0.121. The van der Waals surface area contributed by atoms with E-state index < -0.39 is 17.7 Å². The van der Waals surface area contributed by atoms with Crippen LogP contribution in [0, 0.1) is 11.3 Å². The zero-order chi connectivity index (χ0) is 20.3. The van der Waals surface area contributed by atoms with Crippen LogP contribution in [0.2, 0.25) is 0 Å². The lowest BCUT2D eigenvalue weighted by Gasteiger charge is -2.35. The van der Waals surface area contributed by atoms with Gasteiger partial charge in [-0.15, -0.1) is 0 Å². The van der Waals surface area contributed by atoms with Crippen molar-refractivity contribution in [3.05, 3.63) is 65.2 Å². The molecule has 1 N–H and O–H groups in total. The zero-order valence-corrected chi connectivity index (χ0v) is 16.2. The van der Waals surface area contributed by atoms with Gasteiger partial charge in [0.15, 0.2) is 0 Å². The van der Waals surface area contributed by atoms with E-state index in [1.54, 1.807) is 37.8 Å². The number of fused-ring (bicyclic) bond motifs is 1. The first-order chi connectivity index (χ1) is 13.3. The van der Waals surface area contributed by atoms with Crippen molar-refractivity contribution in [2.24, 2.45) is 0 Å². The molecule has 0 saturated heterocycles. The molecule has 0 spiro atoms. The van der Waals surface area contributed by atoms with Gasteiger partial charge in [-0.05, 0) is 50.1 Å². The number of alkyl carbamates (subject to hydrolysis) is 1. The summed E-state index contributed by atoms with van der Waals surface area (Å²) in [4.78, 5) is 27.0. The summed E-state index contributed by atoms with van der Waals surface area (Å²) in [6, 6.07) is 16.2. The molecule has 0 unspecified atom stereocenters. The van der Waals surface area contributed by atoms with Crippen molar-refractivity contribution in [1.29, 1.82) is 5.26 Å². The van der Waals surface area contributed by atoms with E-state index in [2.05, 4.69) is 11.4 Å². The molecule has 2 amide bonds. The number of amides is 2. The Kier molecular flexibility index (Phi) is 5.36. The van der Waals surface area contributed by atoms with Crippen LogP contribution in [-0.2, 0) is 22.5 Å². The van der Waals surface area contributed by atoms with E-state index >= 15 is 0 Å². The van der Waals surface area contributed by atoms with Gasteiger partial charge < -0.3 is 15.0 Å². The molecule has 144 valence electrons. The van der Waals surface area contributed by atoms with Gasteiger partial charge in [0.25, 0.3) is 0 Å². The van der Waals surface area contributed by atoms with E-state index in [1.807, 2.05) is 36.4 Å². The molecule has 1 heterocycles. The summed E-state index contributed by atoms with van der Waals surface area (Å²) in [5.41, 5.74) is 2.65. The molecule has 2 aromatic carbocycles. The number of rotatable bonds is 3. The molecule has 0 radical (unpaired) electrons. The minimum atomic E-state index is -0.692. The topological polar surface area (TPSA) is 82.4 Å². The van der Waals surface area contributed by atoms with Crippen LogP contribution in [0.5, 0.6) is 0 Å². The van der Waals surface area contributed by atoms with Gasteiger partial charge >= 0.3 is 6.09 Å². The number of nitrogens with one attached hydrogen (secondary N) is 1.